The maximum Gasteiger partial charge on any atom is 0.214 e. The van der Waals surface area contributed by atoms with Gasteiger partial charge in [0.15, 0.2) is 0 Å². The third-order valence-electron chi connectivity index (χ3n) is 12.5. The molecule has 8 nitrogen and oxygen atoms in total. The molecule has 0 aromatic heterocycles. The molecule has 0 fully saturated rings. The van der Waals surface area contributed by atoms with Gasteiger partial charge in [-0.05, 0) is 90.4 Å². The Labute approximate surface area is 377 Å². The van der Waals surface area contributed by atoms with Crippen molar-refractivity contribution in [1.29, 1.82) is 0 Å². The van der Waals surface area contributed by atoms with Crippen LogP contribution < -0.4 is 5.73 Å². The Hall–Kier alpha value is -0.260. The lowest BCUT2D eigenvalue weighted by Crippen LogP contribution is -2.35. The average Bonchev–Trinajstić information content (AvgIpc) is 3.23. The van der Waals surface area contributed by atoms with E-state index >= 15 is 0 Å². The summed E-state index contributed by atoms with van der Waals surface area (Å²) in [5.74, 6) is 0.596. The van der Waals surface area contributed by atoms with Gasteiger partial charge < -0.3 is 10.6 Å². The van der Waals surface area contributed by atoms with Gasteiger partial charge in [0.2, 0.25) is 20.0 Å². The van der Waals surface area contributed by atoms with Crippen LogP contribution in [0.2, 0.25) is 0 Å². The molecule has 0 bridgehead atoms. The van der Waals surface area contributed by atoms with E-state index in [1.165, 1.54) is 103 Å². The van der Waals surface area contributed by atoms with Gasteiger partial charge in [-0.2, -0.15) is 0 Å². The van der Waals surface area contributed by atoms with Gasteiger partial charge in [0.1, 0.15) is 0 Å². The van der Waals surface area contributed by atoms with E-state index in [-0.39, 0.29) is 0 Å². The van der Waals surface area contributed by atoms with Gasteiger partial charge in [-0.15, -0.1) is 0 Å². The largest absolute Gasteiger partial charge is 0.330 e. The highest BCUT2D eigenvalue weighted by molar-refractivity contribution is 7.89. The summed E-state index contributed by atoms with van der Waals surface area (Å²) in [7, 11) is -6.40. The third-order valence-corrected chi connectivity index (χ3v) is 16.4. The van der Waals surface area contributed by atoms with Crippen LogP contribution in [0.5, 0.6) is 0 Å². The van der Waals surface area contributed by atoms with Crippen molar-refractivity contribution >= 4 is 20.0 Å². The summed E-state index contributed by atoms with van der Waals surface area (Å²) in [6.45, 7) is 15.8. The molecule has 0 rings (SSSR count). The SMILES string of the molecule is CCCCCCCCN(CCCCCCCC)S(=O)(=O)CCCCCCCN(CCCCN)CCCCCCCS(=O)(=O)N(CCCCCCCC)CCCCCCCC. The molecule has 2 N–H and O–H groups in total. The first kappa shape index (κ1) is 59.7. The fraction of sp³-hybridized carbons (Fsp3) is 1.00. The van der Waals surface area contributed by atoms with Gasteiger partial charge in [0, 0.05) is 26.2 Å². The Morgan fingerprint density at radius 3 is 0.767 bits per heavy atom. The van der Waals surface area contributed by atoms with Crippen molar-refractivity contribution in [1.82, 2.24) is 13.5 Å². The summed E-state index contributed by atoms with van der Waals surface area (Å²) in [5.41, 5.74) is 5.82. The van der Waals surface area contributed by atoms with Crippen molar-refractivity contribution in [3.8, 4) is 0 Å². The number of nitrogens with two attached hydrogens (primary N) is 1. The maximum atomic E-state index is 13.4. The predicted molar refractivity (Wildman–Crippen MR) is 265 cm³/mol. The minimum atomic E-state index is -3.20. The smallest absolute Gasteiger partial charge is 0.214 e. The van der Waals surface area contributed by atoms with Crippen LogP contribution in [-0.4, -0.2) is 94.2 Å². The van der Waals surface area contributed by atoms with Gasteiger partial charge in [-0.1, -0.05) is 195 Å². The Bertz CT molecular complexity index is 980. The normalized spacial score (nSPS) is 12.5. The molecule has 60 heavy (non-hydrogen) atoms. The van der Waals surface area contributed by atoms with Crippen molar-refractivity contribution < 1.29 is 16.8 Å². The first-order valence-electron chi connectivity index (χ1n) is 26.6. The Morgan fingerprint density at radius 1 is 0.283 bits per heavy atom. The first-order chi connectivity index (χ1) is 29.2. The van der Waals surface area contributed by atoms with Crippen LogP contribution in [0.25, 0.3) is 0 Å². The fourth-order valence-electron chi connectivity index (χ4n) is 8.43. The van der Waals surface area contributed by atoms with E-state index in [1.807, 2.05) is 8.61 Å². The molecule has 0 amide bonds. The molecule has 10 heteroatoms. The monoisotopic (exact) mass is 891 g/mol. The molecule has 0 saturated carbocycles. The molecule has 0 aliphatic carbocycles. The van der Waals surface area contributed by atoms with Crippen molar-refractivity contribution in [2.45, 2.75) is 259 Å². The standard InChI is InChI=1S/C50H106N4O4S2/c1-5-9-13-17-25-34-45-53(46-35-26-18-14-10-6-2)59(55,56)49-39-29-21-23-32-42-52(44-38-31-41-51)43-33-24-22-30-40-50-60(57,58)54(47-36-27-19-15-11-7-3)48-37-28-20-16-12-8-4/h5-51H2,1-4H3. The van der Waals surface area contributed by atoms with Crippen LogP contribution >= 0.6 is 0 Å². The Kier molecular flexibility index (Phi) is 43.8. The molecule has 0 aliphatic heterocycles. The maximum absolute atomic E-state index is 13.4. The quantitative estimate of drug-likeness (QED) is 0.0610. The minimum Gasteiger partial charge on any atom is -0.330 e. The molecule has 0 heterocycles. The molecule has 0 aromatic rings. The summed E-state index contributed by atoms with van der Waals surface area (Å²) in [5, 5.41) is 0. The zero-order valence-corrected chi connectivity index (χ0v) is 42.5. The highest BCUT2D eigenvalue weighted by Gasteiger charge is 2.22. The van der Waals surface area contributed by atoms with Gasteiger partial charge in [0.25, 0.3) is 0 Å². The summed E-state index contributed by atoms with van der Waals surface area (Å²) in [4.78, 5) is 2.61. The highest BCUT2D eigenvalue weighted by atomic mass is 32.2. The number of sulfonamides is 2. The number of hydrogen-bond acceptors (Lipinski definition) is 6. The summed E-state index contributed by atoms with van der Waals surface area (Å²) in [6, 6.07) is 0. The minimum absolute atomic E-state index is 0.298. The highest BCUT2D eigenvalue weighted by Crippen LogP contribution is 2.17. The lowest BCUT2D eigenvalue weighted by Gasteiger charge is -2.23. The second kappa shape index (κ2) is 44.0. The van der Waals surface area contributed by atoms with E-state index in [1.54, 1.807) is 0 Å². The molecular weight excluding hydrogens is 785 g/mol. The first-order valence-corrected chi connectivity index (χ1v) is 29.8. The van der Waals surface area contributed by atoms with Crippen LogP contribution in [0.15, 0.2) is 0 Å². The Balaban J connectivity index is 4.63. The molecule has 0 radical (unpaired) electrons. The van der Waals surface area contributed by atoms with Crippen molar-refractivity contribution in [3.05, 3.63) is 0 Å². The van der Waals surface area contributed by atoms with Gasteiger partial charge in [-0.3, -0.25) is 0 Å². The second-order valence-corrected chi connectivity index (χ2v) is 22.6. The van der Waals surface area contributed by atoms with Gasteiger partial charge >= 0.3 is 0 Å². The number of unbranched alkanes of at least 4 members (excludes halogenated alkanes) is 29. The van der Waals surface area contributed by atoms with Crippen molar-refractivity contribution in [2.75, 3.05) is 63.9 Å². The van der Waals surface area contributed by atoms with E-state index in [2.05, 4.69) is 32.6 Å². The van der Waals surface area contributed by atoms with Crippen LogP contribution in [0.3, 0.4) is 0 Å². The molecule has 0 spiro atoms. The molecule has 0 unspecified atom stereocenters. The van der Waals surface area contributed by atoms with Gasteiger partial charge in [0.05, 0.1) is 11.5 Å². The van der Waals surface area contributed by atoms with Crippen LogP contribution in [0.1, 0.15) is 259 Å². The second-order valence-electron chi connectivity index (χ2n) is 18.4. The van der Waals surface area contributed by atoms with E-state index in [4.69, 9.17) is 5.73 Å². The fourth-order valence-corrected chi connectivity index (χ4v) is 11.7. The van der Waals surface area contributed by atoms with Gasteiger partial charge in [-0.25, -0.2) is 25.4 Å². The lowest BCUT2D eigenvalue weighted by molar-refractivity contribution is 0.256. The zero-order chi connectivity index (χ0) is 44.3. The molecule has 0 aromatic carbocycles. The summed E-state index contributed by atoms with van der Waals surface area (Å²) in [6.07, 6.45) is 41.0. The number of rotatable bonds is 50. The average molecular weight is 892 g/mol. The van der Waals surface area contributed by atoms with E-state index < -0.39 is 20.0 Å². The Morgan fingerprint density at radius 2 is 0.500 bits per heavy atom. The molecule has 362 valence electrons. The molecule has 0 aliphatic rings. The molecular formula is C50H106N4O4S2. The number of nitrogens with zero attached hydrogens (tertiary/aromatic N) is 3. The van der Waals surface area contributed by atoms with E-state index in [0.717, 1.165) is 155 Å². The topological polar surface area (TPSA) is 104 Å². The third kappa shape index (κ3) is 37.1. The zero-order valence-electron chi connectivity index (χ0n) is 40.9. The van der Waals surface area contributed by atoms with Crippen LogP contribution in [0, 0.1) is 0 Å². The van der Waals surface area contributed by atoms with E-state index in [9.17, 15) is 16.8 Å². The molecule has 0 atom stereocenters. The van der Waals surface area contributed by atoms with Crippen LogP contribution in [0.4, 0.5) is 0 Å². The summed E-state index contributed by atoms with van der Waals surface area (Å²) < 4.78 is 57.4. The van der Waals surface area contributed by atoms with Crippen molar-refractivity contribution in [3.63, 3.8) is 0 Å². The van der Waals surface area contributed by atoms with Crippen molar-refractivity contribution in [2.24, 2.45) is 5.73 Å². The van der Waals surface area contributed by atoms with E-state index in [0.29, 0.717) is 37.7 Å². The number of hydrogen-bond donors (Lipinski definition) is 1. The summed E-state index contributed by atoms with van der Waals surface area (Å²) >= 11 is 0. The molecule has 0 saturated heterocycles. The van der Waals surface area contributed by atoms with Crippen LogP contribution in [-0.2, 0) is 20.0 Å². The lowest BCUT2D eigenvalue weighted by atomic mass is 10.1. The predicted octanol–water partition coefficient (Wildman–Crippen LogP) is 13.6.